The Balaban J connectivity index is 1.78. The van der Waals surface area contributed by atoms with E-state index in [9.17, 15) is 19.2 Å². The van der Waals surface area contributed by atoms with E-state index in [4.69, 9.17) is 18.9 Å². The van der Waals surface area contributed by atoms with Gasteiger partial charge in [-0.3, -0.25) is 0 Å². The van der Waals surface area contributed by atoms with Crippen LogP contribution in [0.4, 0.5) is 0 Å². The topological polar surface area (TPSA) is 105 Å². The molecule has 0 aliphatic carbocycles. The van der Waals surface area contributed by atoms with Gasteiger partial charge < -0.3 is 18.9 Å². The average molecular weight is 1320 g/mol. The minimum atomic E-state index is -0.426. The summed E-state index contributed by atoms with van der Waals surface area (Å²) in [5.41, 5.74) is 0.620. The number of carbonyl (C=O) groups excluding carboxylic acids is 4. The van der Waals surface area contributed by atoms with E-state index in [0.29, 0.717) is 37.6 Å². The molecule has 546 valence electrons. The monoisotopic (exact) mass is 1320 g/mol. The fourth-order valence-electron chi connectivity index (χ4n) is 13.5. The highest BCUT2D eigenvalue weighted by Crippen LogP contribution is 2.22. The first kappa shape index (κ1) is 88.6. The standard InChI is InChI=1S/C86H154O8/c1-3-83(87)91-77-71-65-61-57-53-49-45-41-37-33-29-25-21-17-13-9-5-7-11-15-19-23-27-31-35-39-43-47-51-55-59-63-67-73-79-93-85(89)81-75-69-70-76-82(81)86(90)94-80-74-68-64-60-56-52-48-44-40-36-32-28-24-20-16-12-8-6-10-14-18-22-26-30-34-38-42-46-50-54-58-62-66-72-78-92-84(88)4-2/h3-4,69-70,75-76H,1-2,5-68,71-74,77-80H2. The molecule has 0 saturated heterocycles. The van der Waals surface area contributed by atoms with Crippen LogP contribution in [0.2, 0.25) is 0 Å². The fraction of sp³-hybridized carbons (Fsp3) is 0.837. The number of rotatable bonds is 78. The first-order valence-corrected chi connectivity index (χ1v) is 41.5. The first-order valence-electron chi connectivity index (χ1n) is 41.5. The second kappa shape index (κ2) is 75.4. The number of benzene rings is 1. The third-order valence-electron chi connectivity index (χ3n) is 19.7. The minimum Gasteiger partial charge on any atom is -0.463 e. The van der Waals surface area contributed by atoms with E-state index in [0.717, 1.165) is 51.4 Å². The SMILES string of the molecule is C=CC(=O)OCCCCCCCCCCCCCCCCCCCCCCCCCCCCCCCCCCCCOC(=O)c1ccccc1C(=O)OCCCCCCCCCCCCCCCCCCCCCCCCCCCCCCCCCCCCOC(=O)C=C. The molecule has 0 bridgehead atoms. The lowest BCUT2D eigenvalue weighted by molar-refractivity contribution is -0.138. The Morgan fingerprint density at radius 2 is 0.319 bits per heavy atom. The highest BCUT2D eigenvalue weighted by atomic mass is 16.5. The van der Waals surface area contributed by atoms with Gasteiger partial charge in [0.1, 0.15) is 0 Å². The molecular weight excluding hydrogens is 1160 g/mol. The van der Waals surface area contributed by atoms with Crippen molar-refractivity contribution in [2.45, 2.75) is 437 Å². The molecule has 0 saturated carbocycles. The van der Waals surface area contributed by atoms with E-state index in [1.807, 2.05) is 0 Å². The molecule has 0 aliphatic heterocycles. The van der Waals surface area contributed by atoms with Gasteiger partial charge in [0.05, 0.1) is 37.6 Å². The van der Waals surface area contributed by atoms with Gasteiger partial charge in [0.25, 0.3) is 0 Å². The van der Waals surface area contributed by atoms with Crippen molar-refractivity contribution in [3.05, 3.63) is 60.7 Å². The van der Waals surface area contributed by atoms with Crippen molar-refractivity contribution < 1.29 is 38.1 Å². The number of carbonyl (C=O) groups is 4. The summed E-state index contributed by atoms with van der Waals surface area (Å²) < 4.78 is 21.3. The Hall–Kier alpha value is -3.42. The lowest BCUT2D eigenvalue weighted by Crippen LogP contribution is -2.15. The Kier molecular flexibility index (Phi) is 71.0. The molecule has 0 N–H and O–H groups in total. The molecule has 0 aromatic heterocycles. The molecule has 0 radical (unpaired) electrons. The van der Waals surface area contributed by atoms with Crippen LogP contribution in [0.25, 0.3) is 0 Å². The van der Waals surface area contributed by atoms with Gasteiger partial charge in [0.15, 0.2) is 0 Å². The van der Waals surface area contributed by atoms with Gasteiger partial charge >= 0.3 is 23.9 Å². The normalized spacial score (nSPS) is 11.3. The van der Waals surface area contributed by atoms with Crippen LogP contribution < -0.4 is 0 Å². The van der Waals surface area contributed by atoms with Crippen molar-refractivity contribution in [2.24, 2.45) is 0 Å². The predicted molar refractivity (Wildman–Crippen MR) is 403 cm³/mol. The fourth-order valence-corrected chi connectivity index (χ4v) is 13.5. The largest absolute Gasteiger partial charge is 0.463 e. The van der Waals surface area contributed by atoms with Crippen molar-refractivity contribution in [3.8, 4) is 0 Å². The molecule has 8 nitrogen and oxygen atoms in total. The van der Waals surface area contributed by atoms with Gasteiger partial charge in [-0.25, -0.2) is 19.2 Å². The lowest BCUT2D eigenvalue weighted by atomic mass is 10.0. The third-order valence-corrected chi connectivity index (χ3v) is 19.7. The van der Waals surface area contributed by atoms with Crippen molar-refractivity contribution in [1.29, 1.82) is 0 Å². The van der Waals surface area contributed by atoms with Crippen molar-refractivity contribution in [2.75, 3.05) is 26.4 Å². The summed E-state index contributed by atoms with van der Waals surface area (Å²) in [6.45, 7) is 8.71. The summed E-state index contributed by atoms with van der Waals surface area (Å²) in [6.07, 6.45) is 93.9. The van der Waals surface area contributed by atoms with E-state index < -0.39 is 11.9 Å². The van der Waals surface area contributed by atoms with E-state index in [1.165, 1.54) is 397 Å². The molecule has 8 heteroatoms. The first-order chi connectivity index (χ1) is 46.5. The van der Waals surface area contributed by atoms with E-state index in [-0.39, 0.29) is 11.9 Å². The van der Waals surface area contributed by atoms with Crippen LogP contribution in [0.3, 0.4) is 0 Å². The molecule has 0 spiro atoms. The van der Waals surface area contributed by atoms with Crippen LogP contribution in [-0.2, 0) is 28.5 Å². The van der Waals surface area contributed by atoms with Gasteiger partial charge in [-0.1, -0.05) is 436 Å². The van der Waals surface area contributed by atoms with Crippen LogP contribution in [-0.4, -0.2) is 50.3 Å². The van der Waals surface area contributed by atoms with E-state index in [1.54, 1.807) is 24.3 Å². The second-order valence-electron chi connectivity index (χ2n) is 28.6. The number of esters is 4. The minimum absolute atomic E-state index is 0.303. The third kappa shape index (κ3) is 65.8. The smallest absolute Gasteiger partial charge is 0.339 e. The zero-order chi connectivity index (χ0) is 67.4. The quantitative estimate of drug-likeness (QED) is 0.0275. The Morgan fingerprint density at radius 1 is 0.202 bits per heavy atom. The zero-order valence-electron chi connectivity index (χ0n) is 62.1. The molecule has 1 aromatic rings. The molecule has 0 aliphatic rings. The summed E-state index contributed by atoms with van der Waals surface area (Å²) >= 11 is 0. The summed E-state index contributed by atoms with van der Waals surface area (Å²) in [7, 11) is 0. The van der Waals surface area contributed by atoms with E-state index >= 15 is 0 Å². The van der Waals surface area contributed by atoms with E-state index in [2.05, 4.69) is 13.2 Å². The number of hydrogen-bond acceptors (Lipinski definition) is 8. The van der Waals surface area contributed by atoms with Crippen molar-refractivity contribution in [1.82, 2.24) is 0 Å². The molecule has 1 aromatic carbocycles. The summed E-state index contributed by atoms with van der Waals surface area (Å²) in [4.78, 5) is 48.0. The Labute approximate surface area is 582 Å². The zero-order valence-corrected chi connectivity index (χ0v) is 62.1. The van der Waals surface area contributed by atoms with Gasteiger partial charge in [-0.15, -0.1) is 0 Å². The maximum Gasteiger partial charge on any atom is 0.339 e. The molecule has 0 fully saturated rings. The van der Waals surface area contributed by atoms with Crippen LogP contribution in [0, 0.1) is 0 Å². The van der Waals surface area contributed by atoms with Gasteiger partial charge in [0.2, 0.25) is 0 Å². The Bertz CT molecular complexity index is 1660. The second-order valence-corrected chi connectivity index (χ2v) is 28.6. The summed E-state index contributed by atoms with van der Waals surface area (Å²) in [5, 5.41) is 0. The van der Waals surface area contributed by atoms with Crippen molar-refractivity contribution in [3.63, 3.8) is 0 Å². The van der Waals surface area contributed by atoms with Gasteiger partial charge in [-0.05, 0) is 37.8 Å². The molecule has 94 heavy (non-hydrogen) atoms. The van der Waals surface area contributed by atoms with Gasteiger partial charge in [-0.2, -0.15) is 0 Å². The number of unbranched alkanes of at least 4 members (excludes halogenated alkanes) is 66. The number of hydrogen-bond donors (Lipinski definition) is 0. The van der Waals surface area contributed by atoms with Crippen LogP contribution >= 0.6 is 0 Å². The van der Waals surface area contributed by atoms with Crippen LogP contribution in [0.15, 0.2) is 49.6 Å². The molecule has 0 unspecified atom stereocenters. The molecule has 1 rings (SSSR count). The van der Waals surface area contributed by atoms with Crippen LogP contribution in [0.5, 0.6) is 0 Å². The predicted octanol–water partition coefficient (Wildman–Crippen LogP) is 28.0. The molecular formula is C86H154O8. The molecule has 0 amide bonds. The highest BCUT2D eigenvalue weighted by molar-refractivity contribution is 6.03. The number of ether oxygens (including phenoxy) is 4. The maximum atomic E-state index is 13.0. The average Bonchev–Trinajstić information content (AvgIpc) is 0.884. The van der Waals surface area contributed by atoms with Crippen molar-refractivity contribution >= 4 is 23.9 Å². The molecule has 0 atom stereocenters. The lowest BCUT2D eigenvalue weighted by Gasteiger charge is -2.10. The highest BCUT2D eigenvalue weighted by Gasteiger charge is 2.19. The molecule has 0 heterocycles. The summed E-state index contributed by atoms with van der Waals surface area (Å²) in [6, 6.07) is 6.94. The van der Waals surface area contributed by atoms with Gasteiger partial charge in [0, 0.05) is 12.2 Å². The maximum absolute atomic E-state index is 13.0. The summed E-state index contributed by atoms with van der Waals surface area (Å²) in [5.74, 6) is -1.46. The van der Waals surface area contributed by atoms with Crippen LogP contribution in [0.1, 0.15) is 457 Å². The Morgan fingerprint density at radius 3 is 0.447 bits per heavy atom.